The smallest absolute Gasteiger partial charge is 0.176 e. The molecule has 0 bridgehead atoms. The molecule has 4 nitrogen and oxygen atoms in total. The number of carbonyl (C=O) groups excluding carboxylic acids is 1. The lowest BCUT2D eigenvalue weighted by molar-refractivity contribution is 0.0384. The summed E-state index contributed by atoms with van der Waals surface area (Å²) in [5, 5.41) is 2.88. The zero-order valence-corrected chi connectivity index (χ0v) is 13.4. The molecule has 0 aromatic heterocycles. The molecule has 0 aliphatic carbocycles. The first-order valence-electron chi connectivity index (χ1n) is 6.97. The van der Waals surface area contributed by atoms with Gasteiger partial charge >= 0.3 is 0 Å². The van der Waals surface area contributed by atoms with Gasteiger partial charge in [0, 0.05) is 29.7 Å². The summed E-state index contributed by atoms with van der Waals surface area (Å²) < 4.78 is 6.37. The number of hydrogen-bond acceptors (Lipinski definition) is 4. The maximum Gasteiger partial charge on any atom is 0.176 e. The lowest BCUT2D eigenvalue weighted by Gasteiger charge is -2.26. The van der Waals surface area contributed by atoms with Gasteiger partial charge in [0.1, 0.15) is 0 Å². The van der Waals surface area contributed by atoms with Crippen LogP contribution in [0.5, 0.6) is 0 Å². The van der Waals surface area contributed by atoms with Gasteiger partial charge in [-0.3, -0.25) is 9.69 Å². The Morgan fingerprint density at radius 1 is 1.40 bits per heavy atom. The average molecular weight is 341 g/mol. The van der Waals surface area contributed by atoms with Crippen LogP contribution in [-0.2, 0) is 11.2 Å². The number of benzene rings is 1. The first kappa shape index (κ1) is 15.6. The van der Waals surface area contributed by atoms with Gasteiger partial charge in [-0.25, -0.2) is 0 Å². The fourth-order valence-electron chi connectivity index (χ4n) is 2.29. The van der Waals surface area contributed by atoms with Crippen molar-refractivity contribution in [3.63, 3.8) is 0 Å². The van der Waals surface area contributed by atoms with Gasteiger partial charge in [-0.1, -0.05) is 28.1 Å². The summed E-state index contributed by atoms with van der Waals surface area (Å²) in [6, 6.07) is 5.89. The summed E-state index contributed by atoms with van der Waals surface area (Å²) in [5.41, 5.74) is 2.00. The van der Waals surface area contributed by atoms with E-state index in [0.717, 1.165) is 49.3 Å². The molecule has 0 saturated carbocycles. The highest BCUT2D eigenvalue weighted by Crippen LogP contribution is 2.20. The van der Waals surface area contributed by atoms with Gasteiger partial charge in [0.2, 0.25) is 0 Å². The SMILES string of the molecule is CNCC(=O)c1ccc(CCN2CCOCC2)c(Br)c1. The van der Waals surface area contributed by atoms with Gasteiger partial charge in [-0.2, -0.15) is 0 Å². The predicted octanol–water partition coefficient (Wildman–Crippen LogP) is 1.73. The van der Waals surface area contributed by atoms with Crippen LogP contribution in [-0.4, -0.2) is 57.1 Å². The summed E-state index contributed by atoms with van der Waals surface area (Å²) in [6.07, 6.45) is 0.987. The van der Waals surface area contributed by atoms with Crippen LogP contribution in [0, 0.1) is 0 Å². The summed E-state index contributed by atoms with van der Waals surface area (Å²) >= 11 is 3.58. The highest BCUT2D eigenvalue weighted by Gasteiger charge is 2.12. The van der Waals surface area contributed by atoms with Crippen molar-refractivity contribution in [2.45, 2.75) is 6.42 Å². The van der Waals surface area contributed by atoms with Crippen molar-refractivity contribution >= 4 is 21.7 Å². The van der Waals surface area contributed by atoms with E-state index in [9.17, 15) is 4.79 Å². The lowest BCUT2D eigenvalue weighted by Crippen LogP contribution is -2.37. The first-order valence-corrected chi connectivity index (χ1v) is 7.76. The topological polar surface area (TPSA) is 41.6 Å². The molecule has 20 heavy (non-hydrogen) atoms. The molecule has 1 N–H and O–H groups in total. The van der Waals surface area contributed by atoms with E-state index in [0.29, 0.717) is 6.54 Å². The third-order valence-electron chi connectivity index (χ3n) is 3.51. The first-order chi connectivity index (χ1) is 9.70. The largest absolute Gasteiger partial charge is 0.379 e. The van der Waals surface area contributed by atoms with E-state index in [1.807, 2.05) is 18.2 Å². The molecule has 0 unspecified atom stereocenters. The van der Waals surface area contributed by atoms with E-state index in [2.05, 4.69) is 26.1 Å². The van der Waals surface area contributed by atoms with Gasteiger partial charge in [0.15, 0.2) is 5.78 Å². The maximum atomic E-state index is 11.8. The zero-order chi connectivity index (χ0) is 14.4. The van der Waals surface area contributed by atoms with Crippen LogP contribution < -0.4 is 5.32 Å². The molecule has 1 saturated heterocycles. The van der Waals surface area contributed by atoms with Gasteiger partial charge < -0.3 is 10.1 Å². The van der Waals surface area contributed by atoms with E-state index < -0.39 is 0 Å². The van der Waals surface area contributed by atoms with Crippen molar-refractivity contribution in [1.82, 2.24) is 10.2 Å². The number of carbonyl (C=O) groups is 1. The highest BCUT2D eigenvalue weighted by molar-refractivity contribution is 9.10. The number of nitrogens with zero attached hydrogens (tertiary/aromatic N) is 1. The minimum absolute atomic E-state index is 0.118. The molecule has 110 valence electrons. The number of Topliss-reactive ketones (excluding diaryl/α,β-unsaturated/α-hetero) is 1. The number of hydrogen-bond donors (Lipinski definition) is 1. The average Bonchev–Trinajstić information content (AvgIpc) is 2.47. The summed E-state index contributed by atoms with van der Waals surface area (Å²) in [4.78, 5) is 14.2. The van der Waals surface area contributed by atoms with Gasteiger partial charge in [0.05, 0.1) is 19.8 Å². The van der Waals surface area contributed by atoms with Crippen LogP contribution in [0.25, 0.3) is 0 Å². The van der Waals surface area contributed by atoms with Crippen molar-refractivity contribution < 1.29 is 9.53 Å². The molecule has 1 heterocycles. The van der Waals surface area contributed by atoms with Gasteiger partial charge in [0.25, 0.3) is 0 Å². The van der Waals surface area contributed by atoms with Crippen molar-refractivity contribution in [2.75, 3.05) is 46.4 Å². The second-order valence-electron chi connectivity index (χ2n) is 4.96. The number of morpholine rings is 1. The molecule has 1 aromatic rings. The third kappa shape index (κ3) is 4.38. The van der Waals surface area contributed by atoms with Crippen LogP contribution in [0.2, 0.25) is 0 Å². The van der Waals surface area contributed by atoms with Crippen molar-refractivity contribution in [3.8, 4) is 0 Å². The molecule has 0 atom stereocenters. The van der Waals surface area contributed by atoms with Crippen LogP contribution in [0.15, 0.2) is 22.7 Å². The maximum absolute atomic E-state index is 11.8. The normalized spacial score (nSPS) is 16.3. The summed E-state index contributed by atoms with van der Waals surface area (Å²) in [5.74, 6) is 0.118. The highest BCUT2D eigenvalue weighted by atomic mass is 79.9. The Labute approximate surface area is 128 Å². The van der Waals surface area contributed by atoms with Crippen LogP contribution in [0.4, 0.5) is 0 Å². The van der Waals surface area contributed by atoms with Gasteiger partial charge in [-0.05, 0) is 25.1 Å². The predicted molar refractivity (Wildman–Crippen MR) is 83.4 cm³/mol. The second kappa shape index (κ2) is 7.88. The monoisotopic (exact) mass is 340 g/mol. The van der Waals surface area contributed by atoms with E-state index in [-0.39, 0.29) is 5.78 Å². The molecule has 0 spiro atoms. The Bertz CT molecular complexity index is 459. The van der Waals surface area contributed by atoms with Crippen LogP contribution >= 0.6 is 15.9 Å². The Morgan fingerprint density at radius 3 is 2.80 bits per heavy atom. The number of ether oxygens (including phenoxy) is 1. The van der Waals surface area contributed by atoms with Gasteiger partial charge in [-0.15, -0.1) is 0 Å². The van der Waals surface area contributed by atoms with Crippen LogP contribution in [0.3, 0.4) is 0 Å². The van der Waals surface area contributed by atoms with E-state index in [1.54, 1.807) is 7.05 Å². The molecule has 0 amide bonds. The van der Waals surface area contributed by atoms with Crippen molar-refractivity contribution in [2.24, 2.45) is 0 Å². The molecule has 1 aliphatic rings. The number of nitrogens with one attached hydrogen (secondary N) is 1. The molecule has 0 radical (unpaired) electrons. The number of rotatable bonds is 6. The molecule has 1 aliphatic heterocycles. The molecule has 1 fully saturated rings. The quantitative estimate of drug-likeness (QED) is 0.800. The summed E-state index contributed by atoms with van der Waals surface area (Å²) in [7, 11) is 1.78. The minimum Gasteiger partial charge on any atom is -0.379 e. The van der Waals surface area contributed by atoms with Crippen LogP contribution in [0.1, 0.15) is 15.9 Å². The molecule has 1 aromatic carbocycles. The van der Waals surface area contributed by atoms with E-state index >= 15 is 0 Å². The second-order valence-corrected chi connectivity index (χ2v) is 5.82. The minimum atomic E-state index is 0.118. The summed E-state index contributed by atoms with van der Waals surface area (Å²) in [6.45, 7) is 5.09. The van der Waals surface area contributed by atoms with Crippen molar-refractivity contribution in [3.05, 3.63) is 33.8 Å². The fraction of sp³-hybridized carbons (Fsp3) is 0.533. The number of likely N-dealkylation sites (N-methyl/N-ethyl adjacent to an activating group) is 1. The van der Waals surface area contributed by atoms with E-state index in [4.69, 9.17) is 4.74 Å². The van der Waals surface area contributed by atoms with Crippen molar-refractivity contribution in [1.29, 1.82) is 0 Å². The molecular weight excluding hydrogens is 320 g/mol. The number of ketones is 1. The Morgan fingerprint density at radius 2 is 2.15 bits per heavy atom. The standard InChI is InChI=1S/C15H21BrN2O2/c1-17-11-15(19)13-3-2-12(14(16)10-13)4-5-18-6-8-20-9-7-18/h2-3,10,17H,4-9,11H2,1H3. The molecule has 5 heteroatoms. The lowest BCUT2D eigenvalue weighted by atomic mass is 10.1. The third-order valence-corrected chi connectivity index (χ3v) is 4.25. The fourth-order valence-corrected chi connectivity index (χ4v) is 2.87. The molecular formula is C15H21BrN2O2. The number of halogens is 1. The Hall–Kier alpha value is -0.750. The Balaban J connectivity index is 1.93. The zero-order valence-electron chi connectivity index (χ0n) is 11.8. The Kier molecular flexibility index (Phi) is 6.16. The van der Waals surface area contributed by atoms with E-state index in [1.165, 1.54) is 5.56 Å². The molecule has 2 rings (SSSR count).